The zero-order valence-electron chi connectivity index (χ0n) is 16.5. The van der Waals surface area contributed by atoms with Crippen molar-refractivity contribution in [2.24, 2.45) is 0 Å². The molecule has 1 aromatic carbocycles. The van der Waals surface area contributed by atoms with Crippen LogP contribution in [-0.2, 0) is 25.7 Å². The Hall–Kier alpha value is -2.12. The molecule has 152 valence electrons. The highest BCUT2D eigenvalue weighted by atomic mass is 32.1. The summed E-state index contributed by atoms with van der Waals surface area (Å²) >= 11 is 3.25. The molecule has 2 aromatic heterocycles. The molecule has 0 unspecified atom stereocenters. The molecule has 3 aromatic rings. The van der Waals surface area contributed by atoms with Crippen LogP contribution in [0.3, 0.4) is 0 Å². The molecule has 0 atom stereocenters. The first-order valence-corrected chi connectivity index (χ1v) is 11.7. The van der Waals surface area contributed by atoms with Gasteiger partial charge in [-0.15, -0.1) is 22.7 Å². The Morgan fingerprint density at radius 1 is 1.10 bits per heavy atom. The number of thiazole rings is 2. The fourth-order valence-electron chi connectivity index (χ4n) is 3.55. The molecule has 2 heterocycles. The molecule has 0 radical (unpaired) electrons. The van der Waals surface area contributed by atoms with Crippen LogP contribution < -0.4 is 5.32 Å². The van der Waals surface area contributed by atoms with E-state index in [4.69, 9.17) is 4.98 Å². The Morgan fingerprint density at radius 3 is 2.69 bits per heavy atom. The summed E-state index contributed by atoms with van der Waals surface area (Å²) in [5, 5.41) is 5.08. The Kier molecular flexibility index (Phi) is 6.35. The minimum atomic E-state index is -0.248. The highest BCUT2D eigenvalue weighted by molar-refractivity contribution is 7.13. The summed E-state index contributed by atoms with van der Waals surface area (Å²) in [7, 11) is 0. The molecule has 0 aliphatic heterocycles. The summed E-state index contributed by atoms with van der Waals surface area (Å²) in [5.41, 5.74) is 3.03. The second kappa shape index (κ2) is 9.13. The average Bonchev–Trinajstić information content (AvgIpc) is 3.29. The van der Waals surface area contributed by atoms with Crippen molar-refractivity contribution in [2.75, 3.05) is 6.54 Å². The fourth-order valence-corrected chi connectivity index (χ4v) is 5.76. The number of aromatic nitrogens is 2. The molecule has 0 spiro atoms. The van der Waals surface area contributed by atoms with Crippen LogP contribution in [-0.4, -0.2) is 22.4 Å². The number of nitrogens with one attached hydrogen (secondary N) is 1. The smallest absolute Gasteiger partial charge is 0.263 e. The van der Waals surface area contributed by atoms with Gasteiger partial charge < -0.3 is 5.32 Å². The fraction of sp³-hybridized carbons (Fsp3) is 0.409. The molecule has 1 aliphatic carbocycles. The lowest BCUT2D eigenvalue weighted by molar-refractivity contribution is 0.0956. The van der Waals surface area contributed by atoms with E-state index in [2.05, 4.69) is 10.3 Å². The monoisotopic (exact) mass is 429 g/mol. The summed E-state index contributed by atoms with van der Waals surface area (Å²) in [6.07, 6.45) is 7.23. The Bertz CT molecular complexity index is 971. The molecule has 29 heavy (non-hydrogen) atoms. The molecule has 0 saturated carbocycles. The van der Waals surface area contributed by atoms with Crippen LogP contribution in [0, 0.1) is 12.7 Å². The van der Waals surface area contributed by atoms with Gasteiger partial charge in [0, 0.05) is 24.3 Å². The van der Waals surface area contributed by atoms with Gasteiger partial charge in [-0.25, -0.2) is 14.4 Å². The molecule has 0 saturated heterocycles. The molecule has 1 aliphatic rings. The van der Waals surface area contributed by atoms with Crippen molar-refractivity contribution in [3.8, 4) is 0 Å². The zero-order chi connectivity index (χ0) is 20.2. The van der Waals surface area contributed by atoms with Crippen LogP contribution >= 0.6 is 22.7 Å². The second-order valence-electron chi connectivity index (χ2n) is 7.37. The summed E-state index contributed by atoms with van der Waals surface area (Å²) < 4.78 is 13.0. The van der Waals surface area contributed by atoms with Crippen molar-refractivity contribution >= 4 is 28.6 Å². The normalized spacial score (nSPS) is 13.3. The summed E-state index contributed by atoms with van der Waals surface area (Å²) in [6.45, 7) is 2.49. The number of hydrogen-bond acceptors (Lipinski definition) is 5. The number of hydrogen-bond donors (Lipinski definition) is 1. The first kappa shape index (κ1) is 20.2. The Balaban J connectivity index is 1.27. The highest BCUT2D eigenvalue weighted by Crippen LogP contribution is 2.27. The van der Waals surface area contributed by atoms with Crippen LogP contribution in [0.25, 0.3) is 0 Å². The highest BCUT2D eigenvalue weighted by Gasteiger charge is 2.17. The zero-order valence-corrected chi connectivity index (χ0v) is 18.1. The maximum atomic E-state index is 13.0. The molecule has 1 amide bonds. The van der Waals surface area contributed by atoms with E-state index >= 15 is 0 Å². The number of nitrogens with zero attached hydrogens (tertiary/aromatic N) is 2. The number of halogens is 1. The number of fused-ring (bicyclic) bond motifs is 1. The molecule has 4 nitrogen and oxygen atoms in total. The quantitative estimate of drug-likeness (QED) is 0.545. The second-order valence-corrected chi connectivity index (χ2v) is 9.62. The topological polar surface area (TPSA) is 54.9 Å². The van der Waals surface area contributed by atoms with E-state index in [1.807, 2.05) is 18.3 Å². The van der Waals surface area contributed by atoms with Crippen molar-refractivity contribution in [1.82, 2.24) is 15.3 Å². The van der Waals surface area contributed by atoms with Gasteiger partial charge in [-0.2, -0.15) is 0 Å². The van der Waals surface area contributed by atoms with Crippen molar-refractivity contribution < 1.29 is 9.18 Å². The van der Waals surface area contributed by atoms with Crippen molar-refractivity contribution in [1.29, 1.82) is 0 Å². The molecular formula is C22H24FN3OS2. The van der Waals surface area contributed by atoms with E-state index in [1.165, 1.54) is 58.3 Å². The van der Waals surface area contributed by atoms with Gasteiger partial charge in [-0.1, -0.05) is 12.1 Å². The van der Waals surface area contributed by atoms with Gasteiger partial charge in [0.25, 0.3) is 5.91 Å². The van der Waals surface area contributed by atoms with Crippen molar-refractivity contribution in [3.05, 3.63) is 66.8 Å². The first-order valence-electron chi connectivity index (χ1n) is 10.0. The lowest BCUT2D eigenvalue weighted by Crippen LogP contribution is -2.24. The lowest BCUT2D eigenvalue weighted by Gasteiger charge is -2.06. The predicted molar refractivity (Wildman–Crippen MR) is 115 cm³/mol. The van der Waals surface area contributed by atoms with Crippen LogP contribution in [0.15, 0.2) is 24.3 Å². The van der Waals surface area contributed by atoms with E-state index in [1.54, 1.807) is 12.1 Å². The van der Waals surface area contributed by atoms with Gasteiger partial charge in [0.2, 0.25) is 0 Å². The third-order valence-electron chi connectivity index (χ3n) is 5.06. The SMILES string of the molecule is Cc1nc(Cc2ccc(F)cc2)sc1C(=O)NCCCc1nc2c(s1)CCCC2. The van der Waals surface area contributed by atoms with Gasteiger partial charge >= 0.3 is 0 Å². The molecule has 7 heteroatoms. The molecule has 0 bridgehead atoms. The van der Waals surface area contributed by atoms with Crippen molar-refractivity contribution in [3.63, 3.8) is 0 Å². The van der Waals surface area contributed by atoms with Gasteiger partial charge in [0.05, 0.1) is 21.4 Å². The summed E-state index contributed by atoms with van der Waals surface area (Å²) in [5.74, 6) is -0.314. The maximum absolute atomic E-state index is 13.0. The van der Waals surface area contributed by atoms with E-state index in [0.717, 1.165) is 35.5 Å². The third kappa shape index (κ3) is 5.08. The number of aryl methyl sites for hydroxylation is 4. The number of benzene rings is 1. The predicted octanol–water partition coefficient (Wildman–Crippen LogP) is 4.88. The number of rotatable bonds is 7. The molecule has 0 fully saturated rings. The van der Waals surface area contributed by atoms with E-state index in [0.29, 0.717) is 17.8 Å². The van der Waals surface area contributed by atoms with Crippen LogP contribution in [0.4, 0.5) is 4.39 Å². The van der Waals surface area contributed by atoms with Crippen LogP contribution in [0.5, 0.6) is 0 Å². The lowest BCUT2D eigenvalue weighted by atomic mass is 10.0. The number of carbonyl (C=O) groups is 1. The minimum absolute atomic E-state index is 0.0659. The Labute approximate surface area is 178 Å². The first-order chi connectivity index (χ1) is 14.1. The standard InChI is InChI=1S/C22H24FN3OS2/c1-14-21(29-20(25-14)13-15-8-10-16(23)11-9-15)22(27)24-12-4-7-19-26-17-5-2-3-6-18(17)28-19/h8-11H,2-7,12-13H2,1H3,(H,24,27). The van der Waals surface area contributed by atoms with Crippen LogP contribution in [0.1, 0.15) is 60.8 Å². The molecule has 1 N–H and O–H groups in total. The maximum Gasteiger partial charge on any atom is 0.263 e. The average molecular weight is 430 g/mol. The molecular weight excluding hydrogens is 405 g/mol. The van der Waals surface area contributed by atoms with E-state index in [-0.39, 0.29) is 11.7 Å². The van der Waals surface area contributed by atoms with E-state index < -0.39 is 0 Å². The van der Waals surface area contributed by atoms with Crippen LogP contribution in [0.2, 0.25) is 0 Å². The van der Waals surface area contributed by atoms with Gasteiger partial charge in [-0.3, -0.25) is 4.79 Å². The molecule has 4 rings (SSSR count). The number of amides is 1. The summed E-state index contributed by atoms with van der Waals surface area (Å²) in [4.78, 5) is 23.9. The van der Waals surface area contributed by atoms with Gasteiger partial charge in [-0.05, 0) is 56.7 Å². The number of carbonyl (C=O) groups excluding carboxylic acids is 1. The third-order valence-corrected chi connectivity index (χ3v) is 7.43. The summed E-state index contributed by atoms with van der Waals surface area (Å²) in [6, 6.07) is 6.40. The van der Waals surface area contributed by atoms with Gasteiger partial charge in [0.15, 0.2) is 0 Å². The van der Waals surface area contributed by atoms with Crippen molar-refractivity contribution in [2.45, 2.75) is 51.9 Å². The minimum Gasteiger partial charge on any atom is -0.351 e. The van der Waals surface area contributed by atoms with Gasteiger partial charge in [0.1, 0.15) is 10.7 Å². The van der Waals surface area contributed by atoms with E-state index in [9.17, 15) is 9.18 Å². The Morgan fingerprint density at radius 2 is 1.90 bits per heavy atom. The largest absolute Gasteiger partial charge is 0.351 e.